The van der Waals surface area contributed by atoms with E-state index in [0.29, 0.717) is 39.8 Å². The second-order valence-corrected chi connectivity index (χ2v) is 33.7. The number of amides is 15. The summed E-state index contributed by atoms with van der Waals surface area (Å²) in [5, 5.41) is 25.9. The Labute approximate surface area is 708 Å². The van der Waals surface area contributed by atoms with Gasteiger partial charge in [0.05, 0.1) is 22.3 Å². The molecule has 19 N–H and O–H groups in total. The number of esters is 1. The van der Waals surface area contributed by atoms with Crippen molar-refractivity contribution in [3.63, 3.8) is 0 Å². The number of primary amides is 2. The van der Waals surface area contributed by atoms with Crippen molar-refractivity contribution in [3.8, 4) is 0 Å². The van der Waals surface area contributed by atoms with Crippen molar-refractivity contribution in [1.82, 2.24) is 72.9 Å². The Morgan fingerprint density at radius 2 is 1.35 bits per heavy atom. The predicted octanol–water partition coefficient (Wildman–Crippen LogP) is -6.15. The second-order valence-electron chi connectivity index (χ2n) is 31.3. The molecule has 1 aromatic heterocycles. The van der Waals surface area contributed by atoms with E-state index in [0.717, 1.165) is 18.4 Å². The van der Waals surface area contributed by atoms with Crippen LogP contribution in [0.25, 0.3) is 10.9 Å². The largest absolute Gasteiger partial charge is 1.00 e. The molecule has 4 heterocycles. The zero-order chi connectivity index (χ0) is 86.6. The summed E-state index contributed by atoms with van der Waals surface area (Å²) in [5.74, 6) is -18.6. The first kappa shape index (κ1) is 97.7. The molecule has 14 atom stereocenters. The minimum absolute atomic E-state index is 0. The Bertz CT molecular complexity index is 4290. The molecular formula is C75H109BrN19NaO20S. The molecule has 3 saturated heterocycles. The number of aliphatic imine (C=N–C) groups is 1. The van der Waals surface area contributed by atoms with E-state index in [9.17, 15) is 65.7 Å². The zero-order valence-corrected chi connectivity index (χ0v) is 72.2. The number of para-hydroxylation sites is 1. The van der Waals surface area contributed by atoms with E-state index >= 15 is 24.0 Å². The maximum absolute atomic E-state index is 15.4. The summed E-state index contributed by atoms with van der Waals surface area (Å²) < 4.78 is 45.2. The molecule has 39 nitrogen and oxygen atoms in total. The van der Waals surface area contributed by atoms with Crippen LogP contribution in [0.15, 0.2) is 64.2 Å². The van der Waals surface area contributed by atoms with Gasteiger partial charge in [0, 0.05) is 67.5 Å². The Balaban J connectivity index is 0.0000244. The Hall–Kier alpha value is -9.84. The summed E-state index contributed by atoms with van der Waals surface area (Å²) in [6.45, 7) is 15.4. The molecule has 0 radical (unpaired) electrons. The maximum Gasteiger partial charge on any atom is 1.00 e. The Morgan fingerprint density at radius 1 is 0.735 bits per heavy atom. The molecular weight excluding hydrogens is 1620 g/mol. The first-order chi connectivity index (χ1) is 54.3. The van der Waals surface area contributed by atoms with Gasteiger partial charge in [0.1, 0.15) is 84.6 Å². The van der Waals surface area contributed by atoms with Crippen molar-refractivity contribution >= 4 is 138 Å². The number of nitrogens with zero attached hydrogens (tertiary/aromatic N) is 4. The van der Waals surface area contributed by atoms with Crippen molar-refractivity contribution in [2.24, 2.45) is 44.7 Å². The van der Waals surface area contributed by atoms with Crippen LogP contribution in [0, 0.1) is 16.7 Å². The van der Waals surface area contributed by atoms with Crippen LogP contribution in [0.4, 0.5) is 0 Å². The standard InChI is InChI=1S/C75H110BrN19O20S.Na/c1-12-75(9,10)59(92-67(106)58(74(6,7)8)91-66(105)53-22-16-30-94(53)69(108)48(86-60(99)39(4)83-37-96)32-41-23-25-43(76)26-24-41)68(107)85-47(33-42-35-82-45-19-14-13-18-44(42)45)62(101)84-46(20-15-29-81-73(79)80)61(100)88-50(36-116(112,113)114)63(102)90-57-40(5)115-72(111)49(34-55(78)98)87-65(104)52-21-17-31-95(52)71(110)56(38(2)3)89-64(103)51(27-28-54(77)97)93(11)70(57)109;/h13-14,18-19,23-26,35,37-40,46-53,56-59,82H,12,15-17,20-22,27-34,36H2,1-11H3,(H2,77,97)(H2,78,98)(H,83,96)(H,84,101)(H,85,107)(H,86,99)(H,87,104)(H,88,100)(H,89,103)(H,90,102)(H,91,105)(H,92,106)(H4,79,80,81)(H,112,113,114);/q;+1/p-1/t39-,40?,46-,47-,48-,49-,50-,51-,52-,53-,56-,57-,58+,59+;/m0./s1. The number of cyclic esters (lactones) is 1. The fraction of sp³-hybridized carbons (Fsp3) is 0.587. The van der Waals surface area contributed by atoms with E-state index in [-0.39, 0.29) is 94.1 Å². The minimum Gasteiger partial charge on any atom is -0.748 e. The number of fused-ring (bicyclic) bond motifs is 2. The summed E-state index contributed by atoms with van der Waals surface area (Å²) >= 11 is 3.40. The van der Waals surface area contributed by atoms with E-state index in [1.54, 1.807) is 110 Å². The van der Waals surface area contributed by atoms with Crippen molar-refractivity contribution < 1.29 is 124 Å². The number of likely N-dealkylation sites (N-methyl/N-ethyl adjacent to an activating group) is 1. The second kappa shape index (κ2) is 43.6. The van der Waals surface area contributed by atoms with Crippen LogP contribution in [0.5, 0.6) is 0 Å². The molecule has 2 aromatic carbocycles. The molecule has 117 heavy (non-hydrogen) atoms. The number of carbonyl (C=O) groups excluding carboxylic acids is 16. The van der Waals surface area contributed by atoms with Crippen molar-refractivity contribution in [2.45, 2.75) is 231 Å². The number of nitrogens with one attached hydrogen (secondary N) is 11. The molecule has 0 bridgehead atoms. The van der Waals surface area contributed by atoms with E-state index in [1.807, 2.05) is 0 Å². The maximum atomic E-state index is 15.4. The van der Waals surface area contributed by atoms with Gasteiger partial charge in [0.15, 0.2) is 5.96 Å². The van der Waals surface area contributed by atoms with E-state index in [2.05, 4.69) is 79.1 Å². The number of H-pyrrole nitrogens is 1. The number of ether oxygens (including phenoxy) is 1. The van der Waals surface area contributed by atoms with Gasteiger partial charge in [-0.3, -0.25) is 76.9 Å². The van der Waals surface area contributed by atoms with Gasteiger partial charge in [-0.15, -0.1) is 0 Å². The van der Waals surface area contributed by atoms with Crippen LogP contribution in [-0.4, -0.2) is 251 Å². The van der Waals surface area contributed by atoms with Gasteiger partial charge in [-0.05, 0) is 111 Å². The molecule has 15 amide bonds. The normalized spacial score (nSPS) is 20.8. The Morgan fingerprint density at radius 3 is 1.96 bits per heavy atom. The van der Waals surface area contributed by atoms with Gasteiger partial charge in [-0.2, -0.15) is 0 Å². The molecule has 3 aromatic rings. The number of aromatic amines is 1. The fourth-order valence-electron chi connectivity index (χ4n) is 13.7. The number of halogens is 1. The number of hydrogen-bond donors (Lipinski definition) is 15. The van der Waals surface area contributed by atoms with Crippen molar-refractivity contribution in [2.75, 3.05) is 32.4 Å². The van der Waals surface area contributed by atoms with Gasteiger partial charge in [0.2, 0.25) is 89.1 Å². The molecule has 1 unspecified atom stereocenters. The predicted molar refractivity (Wildman–Crippen MR) is 423 cm³/mol. The third-order valence-corrected chi connectivity index (χ3v) is 22.0. The average Bonchev–Trinajstić information content (AvgIpc) is 1.71. The number of carbonyl (C=O) groups is 16. The average molecular weight is 1730 g/mol. The van der Waals surface area contributed by atoms with Crippen molar-refractivity contribution in [3.05, 3.63) is 70.3 Å². The molecule has 6 rings (SSSR count). The number of likely N-dealkylation sites (tertiary alicyclic amines) is 1. The number of aromatic nitrogens is 1. The van der Waals surface area contributed by atoms with Gasteiger partial charge >= 0.3 is 35.5 Å². The number of hydrogen-bond acceptors (Lipinski definition) is 21. The van der Waals surface area contributed by atoms with Gasteiger partial charge in [-0.1, -0.05) is 102 Å². The third-order valence-electron chi connectivity index (χ3n) is 20.7. The molecule has 42 heteroatoms. The smallest absolute Gasteiger partial charge is 0.748 e. The van der Waals surface area contributed by atoms with Crippen LogP contribution >= 0.6 is 15.9 Å². The molecule has 638 valence electrons. The van der Waals surface area contributed by atoms with Gasteiger partial charge in [-0.25, -0.2) is 13.2 Å². The third kappa shape index (κ3) is 27.9. The quantitative estimate of drug-likeness (QED) is 0.00496. The number of rotatable bonds is 35. The summed E-state index contributed by atoms with van der Waals surface area (Å²) in [6.07, 6.45) is -2.12. The van der Waals surface area contributed by atoms with Crippen LogP contribution < -0.4 is 106 Å². The van der Waals surface area contributed by atoms with E-state index in [1.165, 1.54) is 16.7 Å². The molecule has 0 saturated carbocycles. The molecule has 3 aliphatic heterocycles. The number of nitrogens with two attached hydrogens (primary N) is 4. The molecule has 3 fully saturated rings. The SMILES string of the molecule is CCC(C)(C)[C@H](NC(=O)[C@@H](NC(=O)[C@@H]1CCCN1C(=O)[C@H](Cc1ccc(Br)cc1)NC(=O)[C@H](C)NC=O)C(C)(C)C)C(=O)N[C@@H](Cc1c[nH]c2ccccc12)C(=O)N[C@@H](CCCN=C(N)N)C(=O)N[C@@H](CS(=O)(=O)[O-])C(=O)N[C@@H]1C(=O)N(C)[C@@H](CCC(N)=O)C(=O)N[C@@H](C(C)C)C(=O)N2CCC[C@H]2C(=O)N[C@@H](CC(N)=O)C(=O)OC1C.[Na+]. The van der Waals surface area contributed by atoms with E-state index < -0.39 is 238 Å². The first-order valence-electron chi connectivity index (χ1n) is 38.1. The van der Waals surface area contributed by atoms with Crippen LogP contribution in [0.2, 0.25) is 0 Å². The zero-order valence-electron chi connectivity index (χ0n) is 67.8. The molecule has 0 aliphatic carbocycles. The Kier molecular flexibility index (Phi) is 36.4. The van der Waals surface area contributed by atoms with E-state index in [4.69, 9.17) is 27.7 Å². The summed E-state index contributed by atoms with van der Waals surface area (Å²) in [4.78, 5) is 237. The summed E-state index contributed by atoms with van der Waals surface area (Å²) in [5.41, 5.74) is 21.7. The van der Waals surface area contributed by atoms with Crippen LogP contribution in [0.1, 0.15) is 145 Å². The monoisotopic (exact) mass is 1730 g/mol. The van der Waals surface area contributed by atoms with Gasteiger partial charge < -0.3 is 105 Å². The fourth-order valence-corrected chi connectivity index (χ4v) is 14.6. The summed E-state index contributed by atoms with van der Waals surface area (Å²) in [6, 6.07) is -7.36. The van der Waals surface area contributed by atoms with Crippen LogP contribution in [0.3, 0.4) is 0 Å². The molecule has 0 spiro atoms. The minimum atomic E-state index is -5.65. The first-order valence-corrected chi connectivity index (χ1v) is 40.5. The van der Waals surface area contributed by atoms with Gasteiger partial charge in [0.25, 0.3) is 0 Å². The number of guanidine groups is 1. The van der Waals surface area contributed by atoms with Crippen LogP contribution in [-0.2, 0) is 104 Å². The van der Waals surface area contributed by atoms with Crippen molar-refractivity contribution in [1.29, 1.82) is 0 Å². The topological polar surface area (TPSA) is 602 Å². The number of benzene rings is 2. The molecule has 3 aliphatic rings. The summed E-state index contributed by atoms with van der Waals surface area (Å²) in [7, 11) is -4.63.